The van der Waals surface area contributed by atoms with Crippen LogP contribution in [0.15, 0.2) is 107 Å². The summed E-state index contributed by atoms with van der Waals surface area (Å²) in [5.41, 5.74) is 1.71. The first-order valence-electron chi connectivity index (χ1n) is 11.3. The van der Waals surface area contributed by atoms with Crippen LogP contribution in [0.4, 0.5) is 4.39 Å². The normalized spacial score (nSPS) is 12.0. The highest BCUT2D eigenvalue weighted by molar-refractivity contribution is 7.91. The third-order valence-corrected chi connectivity index (χ3v) is 7.56. The van der Waals surface area contributed by atoms with Crippen molar-refractivity contribution in [2.45, 2.75) is 22.3 Å². The fourth-order valence-electron chi connectivity index (χ4n) is 3.62. The average molecular weight is 562 g/mol. The van der Waals surface area contributed by atoms with E-state index < -0.39 is 15.9 Å². The van der Waals surface area contributed by atoms with Gasteiger partial charge in [0.2, 0.25) is 9.84 Å². The molecule has 9 heteroatoms. The SMILES string of the molecule is Cl.O=S(=O)(c1ccc(CCNC[C@H](O)c2cccc(Cl)c2)cc1)c1cccc(Oc2ccc(F)cc2)c1. The van der Waals surface area contributed by atoms with Crippen molar-refractivity contribution in [1.29, 1.82) is 0 Å². The molecule has 0 fully saturated rings. The van der Waals surface area contributed by atoms with Gasteiger partial charge in [0, 0.05) is 11.6 Å². The Balaban J connectivity index is 0.00000380. The van der Waals surface area contributed by atoms with E-state index in [1.807, 2.05) is 6.07 Å². The molecule has 0 unspecified atom stereocenters. The Hall–Kier alpha value is -2.94. The highest BCUT2D eigenvalue weighted by atomic mass is 35.5. The zero-order valence-corrected chi connectivity index (χ0v) is 22.1. The first-order chi connectivity index (χ1) is 17.3. The van der Waals surface area contributed by atoms with E-state index in [0.29, 0.717) is 36.0 Å². The number of halogens is 3. The first kappa shape index (κ1) is 28.6. The van der Waals surface area contributed by atoms with Gasteiger partial charge in [0.05, 0.1) is 15.9 Å². The number of aliphatic hydroxyl groups excluding tert-OH is 1. The summed E-state index contributed by atoms with van der Waals surface area (Å²) in [7, 11) is -3.75. The van der Waals surface area contributed by atoms with Crippen molar-refractivity contribution in [2.24, 2.45) is 0 Å². The van der Waals surface area contributed by atoms with Crippen LogP contribution in [-0.4, -0.2) is 26.6 Å². The van der Waals surface area contributed by atoms with Gasteiger partial charge in [-0.15, -0.1) is 12.4 Å². The van der Waals surface area contributed by atoms with Crippen molar-refractivity contribution < 1.29 is 22.7 Å². The molecule has 2 N–H and O–H groups in total. The molecule has 4 aromatic rings. The van der Waals surface area contributed by atoms with E-state index in [-0.39, 0.29) is 28.0 Å². The van der Waals surface area contributed by atoms with Crippen LogP contribution >= 0.6 is 24.0 Å². The van der Waals surface area contributed by atoms with Crippen molar-refractivity contribution in [3.63, 3.8) is 0 Å². The maximum atomic E-state index is 13.1. The van der Waals surface area contributed by atoms with Crippen LogP contribution < -0.4 is 10.1 Å². The quantitative estimate of drug-likeness (QED) is 0.219. The van der Waals surface area contributed by atoms with Gasteiger partial charge >= 0.3 is 0 Å². The van der Waals surface area contributed by atoms with Crippen LogP contribution in [0.2, 0.25) is 5.02 Å². The number of nitrogens with one attached hydrogen (secondary N) is 1. The number of sulfone groups is 1. The summed E-state index contributed by atoms with van der Waals surface area (Å²) in [4.78, 5) is 0.279. The van der Waals surface area contributed by atoms with Gasteiger partial charge in [0.1, 0.15) is 17.3 Å². The Morgan fingerprint density at radius 2 is 1.57 bits per heavy atom. The van der Waals surface area contributed by atoms with Crippen molar-refractivity contribution in [1.82, 2.24) is 5.32 Å². The van der Waals surface area contributed by atoms with Gasteiger partial charge in [-0.25, -0.2) is 12.8 Å². The van der Waals surface area contributed by atoms with Gasteiger partial charge in [0.15, 0.2) is 0 Å². The van der Waals surface area contributed by atoms with Crippen LogP contribution in [0, 0.1) is 5.82 Å². The van der Waals surface area contributed by atoms with Gasteiger partial charge in [-0.1, -0.05) is 41.9 Å². The van der Waals surface area contributed by atoms with E-state index in [2.05, 4.69) is 5.32 Å². The fraction of sp³-hybridized carbons (Fsp3) is 0.143. The van der Waals surface area contributed by atoms with Crippen LogP contribution in [0.5, 0.6) is 11.5 Å². The van der Waals surface area contributed by atoms with E-state index in [1.54, 1.807) is 54.6 Å². The summed E-state index contributed by atoms with van der Waals surface area (Å²) in [5, 5.41) is 14.1. The van der Waals surface area contributed by atoms with Crippen molar-refractivity contribution in [2.75, 3.05) is 13.1 Å². The fourth-order valence-corrected chi connectivity index (χ4v) is 5.11. The Kier molecular flexibility index (Phi) is 10.1. The molecule has 0 saturated carbocycles. The first-order valence-corrected chi connectivity index (χ1v) is 13.2. The predicted octanol–water partition coefficient (Wildman–Crippen LogP) is 6.39. The second kappa shape index (κ2) is 13.0. The van der Waals surface area contributed by atoms with Crippen LogP contribution in [0.3, 0.4) is 0 Å². The third-order valence-electron chi connectivity index (χ3n) is 5.56. The molecule has 0 aliphatic heterocycles. The van der Waals surface area contributed by atoms with Crippen LogP contribution in [-0.2, 0) is 16.3 Å². The van der Waals surface area contributed by atoms with E-state index in [4.69, 9.17) is 16.3 Å². The molecule has 0 bridgehead atoms. The molecule has 37 heavy (non-hydrogen) atoms. The third kappa shape index (κ3) is 7.77. The number of benzene rings is 4. The molecule has 0 spiro atoms. The summed E-state index contributed by atoms with van der Waals surface area (Å²) < 4.78 is 45.0. The van der Waals surface area contributed by atoms with E-state index in [1.165, 1.54) is 36.4 Å². The van der Waals surface area contributed by atoms with Crippen molar-refractivity contribution in [3.8, 4) is 11.5 Å². The maximum absolute atomic E-state index is 13.1. The predicted molar refractivity (Wildman–Crippen MR) is 145 cm³/mol. The maximum Gasteiger partial charge on any atom is 0.206 e. The number of aliphatic hydroxyl groups is 1. The summed E-state index contributed by atoms with van der Waals surface area (Å²) >= 11 is 5.97. The lowest BCUT2D eigenvalue weighted by molar-refractivity contribution is 0.175. The highest BCUT2D eigenvalue weighted by Gasteiger charge is 2.18. The zero-order chi connectivity index (χ0) is 25.5. The largest absolute Gasteiger partial charge is 0.457 e. The lowest BCUT2D eigenvalue weighted by Gasteiger charge is -2.13. The Labute approximate surface area is 227 Å². The molecule has 0 amide bonds. The average Bonchev–Trinajstić information content (AvgIpc) is 2.88. The second-order valence-electron chi connectivity index (χ2n) is 8.20. The number of hydrogen-bond acceptors (Lipinski definition) is 5. The van der Waals surface area contributed by atoms with E-state index in [9.17, 15) is 17.9 Å². The molecule has 0 aliphatic carbocycles. The molecule has 194 valence electrons. The standard InChI is InChI=1S/C28H25ClFNO4S.ClH/c29-22-4-1-3-21(17-22)28(32)19-31-16-15-20-7-13-26(14-8-20)36(33,34)27-6-2-5-25(18-27)35-24-11-9-23(30)10-12-24;/h1-14,17-18,28,31-32H,15-16,19H2;1H/t28-;/m0./s1. The molecule has 5 nitrogen and oxygen atoms in total. The molecule has 4 rings (SSSR count). The van der Waals surface area contributed by atoms with Gasteiger partial charge in [-0.05, 0) is 90.8 Å². The summed E-state index contributed by atoms with van der Waals surface area (Å²) in [5.74, 6) is 0.363. The monoisotopic (exact) mass is 561 g/mol. The van der Waals surface area contributed by atoms with Crippen LogP contribution in [0.25, 0.3) is 0 Å². The van der Waals surface area contributed by atoms with Gasteiger partial charge in [-0.2, -0.15) is 0 Å². The van der Waals surface area contributed by atoms with E-state index in [0.717, 1.165) is 11.1 Å². The summed E-state index contributed by atoms with van der Waals surface area (Å²) in [6.45, 7) is 0.996. The molecule has 0 radical (unpaired) electrons. The molecule has 1 atom stereocenters. The summed E-state index contributed by atoms with van der Waals surface area (Å²) in [6.07, 6.45) is 0.00265. The van der Waals surface area contributed by atoms with E-state index >= 15 is 0 Å². The smallest absolute Gasteiger partial charge is 0.206 e. The zero-order valence-electron chi connectivity index (χ0n) is 19.7. The molecular weight excluding hydrogens is 536 g/mol. The molecular formula is C28H26Cl2FNO4S. The Morgan fingerprint density at radius 3 is 2.27 bits per heavy atom. The number of rotatable bonds is 10. The van der Waals surface area contributed by atoms with Gasteiger partial charge in [0.25, 0.3) is 0 Å². The molecule has 0 aromatic heterocycles. The topological polar surface area (TPSA) is 75.6 Å². The second-order valence-corrected chi connectivity index (χ2v) is 10.6. The molecule has 0 aliphatic rings. The summed E-state index contributed by atoms with van der Waals surface area (Å²) in [6, 6.07) is 25.5. The Morgan fingerprint density at radius 1 is 0.865 bits per heavy atom. The van der Waals surface area contributed by atoms with Gasteiger partial charge in [-0.3, -0.25) is 0 Å². The lowest BCUT2D eigenvalue weighted by atomic mass is 10.1. The molecule has 0 saturated heterocycles. The highest BCUT2D eigenvalue weighted by Crippen LogP contribution is 2.28. The minimum atomic E-state index is -3.75. The number of hydrogen-bond donors (Lipinski definition) is 2. The minimum Gasteiger partial charge on any atom is -0.457 e. The number of ether oxygens (including phenoxy) is 1. The van der Waals surface area contributed by atoms with Gasteiger partial charge < -0.3 is 15.2 Å². The minimum absolute atomic E-state index is 0. The van der Waals surface area contributed by atoms with Crippen molar-refractivity contribution in [3.05, 3.63) is 119 Å². The Bertz CT molecular complexity index is 1420. The molecule has 0 heterocycles. The van der Waals surface area contributed by atoms with Crippen molar-refractivity contribution >= 4 is 33.8 Å². The lowest BCUT2D eigenvalue weighted by Crippen LogP contribution is -2.23. The molecule has 4 aromatic carbocycles. The van der Waals surface area contributed by atoms with Crippen LogP contribution in [0.1, 0.15) is 17.2 Å².